The quantitative estimate of drug-likeness (QED) is 0.395. The van der Waals surface area contributed by atoms with Gasteiger partial charge in [-0.2, -0.15) is 0 Å². The van der Waals surface area contributed by atoms with Gasteiger partial charge in [0.15, 0.2) is 11.7 Å². The minimum atomic E-state index is -0.327. The molecule has 20 heavy (non-hydrogen) atoms. The Morgan fingerprint density at radius 2 is 2.00 bits per heavy atom. The Labute approximate surface area is 120 Å². The third-order valence-electron chi connectivity index (χ3n) is 2.79. The molecule has 0 spiro atoms. The maximum atomic E-state index is 12.9. The number of nitrogens with two attached hydrogens (primary N) is 1. The van der Waals surface area contributed by atoms with Crippen LogP contribution in [0.4, 0.5) is 15.9 Å². The third-order valence-corrected chi connectivity index (χ3v) is 3.16. The average molecular weight is 295 g/mol. The summed E-state index contributed by atoms with van der Waals surface area (Å²) in [6.45, 7) is 0. The molecule has 0 saturated heterocycles. The summed E-state index contributed by atoms with van der Waals surface area (Å²) in [6, 6.07) is 7.42. The van der Waals surface area contributed by atoms with Gasteiger partial charge in [-0.1, -0.05) is 16.8 Å². The van der Waals surface area contributed by atoms with Gasteiger partial charge in [0.05, 0.1) is 5.02 Å². The van der Waals surface area contributed by atoms with Gasteiger partial charge in [-0.05, 0) is 30.3 Å². The number of pyridine rings is 1. The normalized spacial score (nSPS) is 11.4. The molecular formula is C13H12ClFN4O. The Morgan fingerprint density at radius 1 is 1.35 bits per heavy atom. The molecule has 0 saturated carbocycles. The van der Waals surface area contributed by atoms with Crippen molar-refractivity contribution in [2.24, 2.45) is 10.9 Å². The molecule has 2 aromatic rings. The molecule has 2 rings (SSSR count). The summed E-state index contributed by atoms with van der Waals surface area (Å²) >= 11 is 6.21. The number of anilines is 2. The lowest BCUT2D eigenvalue weighted by Gasteiger charge is -2.20. The summed E-state index contributed by atoms with van der Waals surface area (Å²) in [5.41, 5.74) is 6.62. The highest BCUT2D eigenvalue weighted by Gasteiger charge is 2.15. The molecule has 5 nitrogen and oxygen atoms in total. The average Bonchev–Trinajstić information content (AvgIpc) is 2.47. The number of hydrogen-bond acceptors (Lipinski definition) is 4. The summed E-state index contributed by atoms with van der Waals surface area (Å²) in [6.07, 6.45) is 1.49. The fraction of sp³-hybridized carbons (Fsp3) is 0.0769. The van der Waals surface area contributed by atoms with Crippen LogP contribution >= 0.6 is 11.6 Å². The Bertz CT molecular complexity index is 645. The predicted molar refractivity (Wildman–Crippen MR) is 76.2 cm³/mol. The zero-order valence-electron chi connectivity index (χ0n) is 10.6. The van der Waals surface area contributed by atoms with Crippen molar-refractivity contribution >= 4 is 28.9 Å². The summed E-state index contributed by atoms with van der Waals surface area (Å²) in [7, 11) is 1.73. The second-order valence-electron chi connectivity index (χ2n) is 4.02. The minimum Gasteiger partial charge on any atom is -0.409 e. The number of aromatic nitrogens is 1. The first-order valence-electron chi connectivity index (χ1n) is 5.66. The van der Waals surface area contributed by atoms with E-state index in [0.29, 0.717) is 17.1 Å². The molecule has 104 valence electrons. The third kappa shape index (κ3) is 2.65. The van der Waals surface area contributed by atoms with Gasteiger partial charge in [-0.25, -0.2) is 9.37 Å². The van der Waals surface area contributed by atoms with Crippen LogP contribution in [-0.2, 0) is 0 Å². The highest BCUT2D eigenvalue weighted by atomic mass is 35.5. The van der Waals surface area contributed by atoms with E-state index >= 15 is 0 Å². The topological polar surface area (TPSA) is 74.7 Å². The van der Waals surface area contributed by atoms with E-state index in [2.05, 4.69) is 10.1 Å². The Balaban J connectivity index is 2.45. The van der Waals surface area contributed by atoms with Crippen molar-refractivity contribution in [3.05, 3.63) is 52.9 Å². The lowest BCUT2D eigenvalue weighted by Crippen LogP contribution is -2.17. The molecule has 0 bridgehead atoms. The van der Waals surface area contributed by atoms with Gasteiger partial charge in [0.2, 0.25) is 0 Å². The van der Waals surface area contributed by atoms with Crippen LogP contribution in [0.3, 0.4) is 0 Å². The summed E-state index contributed by atoms with van der Waals surface area (Å²) < 4.78 is 12.9. The van der Waals surface area contributed by atoms with Crippen LogP contribution in [-0.4, -0.2) is 23.1 Å². The van der Waals surface area contributed by atoms with Crippen LogP contribution in [0.5, 0.6) is 0 Å². The second kappa shape index (κ2) is 5.75. The molecule has 0 radical (unpaired) electrons. The van der Waals surface area contributed by atoms with Crippen LogP contribution in [0, 0.1) is 5.82 Å². The van der Waals surface area contributed by atoms with Crippen molar-refractivity contribution in [3.8, 4) is 0 Å². The van der Waals surface area contributed by atoms with Crippen LogP contribution in [0.25, 0.3) is 0 Å². The number of oxime groups is 1. The smallest absolute Gasteiger partial charge is 0.171 e. The molecular weight excluding hydrogens is 283 g/mol. The van der Waals surface area contributed by atoms with Gasteiger partial charge in [-0.15, -0.1) is 0 Å². The monoisotopic (exact) mass is 294 g/mol. The minimum absolute atomic E-state index is 0.105. The first kappa shape index (κ1) is 14.1. The van der Waals surface area contributed by atoms with E-state index in [9.17, 15) is 4.39 Å². The molecule has 0 fully saturated rings. The molecule has 0 aliphatic heterocycles. The SMILES string of the molecule is CN(c1ccc(F)cc1)c1nccc(/C(N)=N/O)c1Cl. The van der Waals surface area contributed by atoms with Crippen molar-refractivity contribution in [1.82, 2.24) is 4.98 Å². The Kier molecular flexibility index (Phi) is 4.05. The number of hydrogen-bond donors (Lipinski definition) is 2. The number of rotatable bonds is 3. The Hall–Kier alpha value is -2.34. The van der Waals surface area contributed by atoms with Crippen molar-refractivity contribution < 1.29 is 9.60 Å². The Morgan fingerprint density at radius 3 is 2.60 bits per heavy atom. The van der Waals surface area contributed by atoms with E-state index in [1.807, 2.05) is 0 Å². The molecule has 1 aromatic carbocycles. The summed E-state index contributed by atoms with van der Waals surface area (Å²) in [5, 5.41) is 11.9. The van der Waals surface area contributed by atoms with Gasteiger partial charge in [0.1, 0.15) is 5.82 Å². The van der Waals surface area contributed by atoms with Crippen molar-refractivity contribution in [2.45, 2.75) is 0 Å². The number of benzene rings is 1. The lowest BCUT2D eigenvalue weighted by molar-refractivity contribution is 0.318. The van der Waals surface area contributed by atoms with Gasteiger partial charge in [0.25, 0.3) is 0 Å². The van der Waals surface area contributed by atoms with E-state index < -0.39 is 0 Å². The van der Waals surface area contributed by atoms with E-state index in [1.54, 1.807) is 30.1 Å². The molecule has 0 unspecified atom stereocenters. The van der Waals surface area contributed by atoms with E-state index in [-0.39, 0.29) is 16.7 Å². The molecule has 1 aromatic heterocycles. The zero-order chi connectivity index (χ0) is 14.7. The van der Waals surface area contributed by atoms with Crippen LogP contribution < -0.4 is 10.6 Å². The lowest BCUT2D eigenvalue weighted by atomic mass is 10.2. The largest absolute Gasteiger partial charge is 0.409 e. The van der Waals surface area contributed by atoms with Crippen LogP contribution in [0.2, 0.25) is 5.02 Å². The molecule has 0 aliphatic rings. The van der Waals surface area contributed by atoms with E-state index in [4.69, 9.17) is 22.5 Å². The summed E-state index contributed by atoms with van der Waals surface area (Å²) in [5.74, 6) is -0.0138. The first-order valence-corrected chi connectivity index (χ1v) is 6.04. The molecule has 0 aliphatic carbocycles. The highest BCUT2D eigenvalue weighted by molar-refractivity contribution is 6.36. The van der Waals surface area contributed by atoms with E-state index in [0.717, 1.165) is 0 Å². The maximum absolute atomic E-state index is 12.9. The fourth-order valence-corrected chi connectivity index (χ4v) is 2.04. The van der Waals surface area contributed by atoms with Crippen LogP contribution in [0.15, 0.2) is 41.7 Å². The van der Waals surface area contributed by atoms with Crippen molar-refractivity contribution in [3.63, 3.8) is 0 Å². The van der Waals surface area contributed by atoms with Gasteiger partial charge >= 0.3 is 0 Å². The highest BCUT2D eigenvalue weighted by Crippen LogP contribution is 2.30. The predicted octanol–water partition coefficient (Wildman–Crippen LogP) is 2.74. The molecule has 3 N–H and O–H groups in total. The second-order valence-corrected chi connectivity index (χ2v) is 4.39. The van der Waals surface area contributed by atoms with Gasteiger partial charge in [0, 0.05) is 24.5 Å². The van der Waals surface area contributed by atoms with Crippen molar-refractivity contribution in [1.29, 1.82) is 0 Å². The zero-order valence-corrected chi connectivity index (χ0v) is 11.3. The standard InChI is InChI=1S/C13H12ClFN4O/c1-19(9-4-2-8(15)3-5-9)13-11(14)10(6-7-17-13)12(16)18-20/h2-7,20H,1H3,(H2,16,18). The summed E-state index contributed by atoms with van der Waals surface area (Å²) in [4.78, 5) is 5.84. The van der Waals surface area contributed by atoms with Crippen molar-refractivity contribution in [2.75, 3.05) is 11.9 Å². The molecule has 7 heteroatoms. The number of nitrogens with zero attached hydrogens (tertiary/aromatic N) is 3. The number of amidine groups is 1. The fourth-order valence-electron chi connectivity index (χ4n) is 1.71. The maximum Gasteiger partial charge on any atom is 0.171 e. The van der Waals surface area contributed by atoms with Crippen LogP contribution in [0.1, 0.15) is 5.56 Å². The number of halogens is 2. The van der Waals surface area contributed by atoms with E-state index in [1.165, 1.54) is 18.3 Å². The molecule has 0 amide bonds. The van der Waals surface area contributed by atoms with Gasteiger partial charge in [-0.3, -0.25) is 0 Å². The first-order chi connectivity index (χ1) is 9.54. The molecule has 1 heterocycles. The van der Waals surface area contributed by atoms with Gasteiger partial charge < -0.3 is 15.8 Å². The molecule has 0 atom stereocenters.